The monoisotopic (exact) mass is 253 g/mol. The van der Waals surface area contributed by atoms with E-state index in [4.69, 9.17) is 9.47 Å². The summed E-state index contributed by atoms with van der Waals surface area (Å²) in [5.74, 6) is 1.34. The molecule has 1 rings (SSSR count). The van der Waals surface area contributed by atoms with Crippen LogP contribution in [0, 0.1) is 6.92 Å². The van der Waals surface area contributed by atoms with Gasteiger partial charge in [-0.3, -0.25) is 0 Å². The van der Waals surface area contributed by atoms with E-state index in [1.54, 1.807) is 14.0 Å². The van der Waals surface area contributed by atoms with Gasteiger partial charge in [-0.2, -0.15) is 0 Å². The number of hydrogen-bond donors (Lipinski definition) is 2. The number of nitrogens with one attached hydrogen (secondary N) is 1. The minimum Gasteiger partial charge on any atom is -0.493 e. The molecule has 0 radical (unpaired) electrons. The summed E-state index contributed by atoms with van der Waals surface area (Å²) in [4.78, 5) is 0. The van der Waals surface area contributed by atoms with Gasteiger partial charge in [0, 0.05) is 6.54 Å². The minimum atomic E-state index is -0.897. The molecule has 4 nitrogen and oxygen atoms in total. The van der Waals surface area contributed by atoms with Crippen molar-refractivity contribution in [3.8, 4) is 11.5 Å². The summed E-state index contributed by atoms with van der Waals surface area (Å²) in [6.07, 6.45) is 0. The summed E-state index contributed by atoms with van der Waals surface area (Å²) in [6.45, 7) is 7.28. The van der Waals surface area contributed by atoms with E-state index in [1.807, 2.05) is 32.0 Å². The number of hydrogen-bond acceptors (Lipinski definition) is 4. The molecular formula is C14H23NO3. The van der Waals surface area contributed by atoms with Crippen molar-refractivity contribution < 1.29 is 14.6 Å². The van der Waals surface area contributed by atoms with Crippen molar-refractivity contribution in [2.75, 3.05) is 26.8 Å². The molecule has 0 aliphatic rings. The normalized spacial score (nSPS) is 14.1. The Morgan fingerprint density at radius 3 is 2.67 bits per heavy atom. The van der Waals surface area contributed by atoms with Crippen LogP contribution in [0.1, 0.15) is 19.4 Å². The maximum atomic E-state index is 10.1. The lowest BCUT2D eigenvalue weighted by molar-refractivity contribution is 0.0120. The summed E-state index contributed by atoms with van der Waals surface area (Å²) in [7, 11) is 1.61. The second kappa shape index (κ2) is 6.61. The number of methoxy groups -OCH3 is 1. The average Bonchev–Trinajstić information content (AvgIpc) is 2.35. The van der Waals surface area contributed by atoms with Gasteiger partial charge < -0.3 is 19.9 Å². The second-order valence-corrected chi connectivity index (χ2v) is 4.72. The molecule has 1 aromatic carbocycles. The summed E-state index contributed by atoms with van der Waals surface area (Å²) in [5.41, 5.74) is 0.213. The number of likely N-dealkylation sites (N-methyl/N-ethyl adjacent to an activating group) is 1. The molecule has 0 saturated carbocycles. The molecule has 0 spiro atoms. The van der Waals surface area contributed by atoms with Crippen molar-refractivity contribution >= 4 is 0 Å². The SMILES string of the molecule is CCNCC(C)(O)COc1ccc(C)cc1OC. The third-order valence-corrected chi connectivity index (χ3v) is 2.61. The molecule has 1 atom stereocenters. The molecule has 0 saturated heterocycles. The van der Waals surface area contributed by atoms with Crippen LogP contribution in [0.5, 0.6) is 11.5 Å². The molecular weight excluding hydrogens is 230 g/mol. The molecule has 4 heteroatoms. The fourth-order valence-electron chi connectivity index (χ4n) is 1.57. The van der Waals surface area contributed by atoms with Crippen molar-refractivity contribution in [2.45, 2.75) is 26.4 Å². The molecule has 2 N–H and O–H groups in total. The third-order valence-electron chi connectivity index (χ3n) is 2.61. The van der Waals surface area contributed by atoms with E-state index in [2.05, 4.69) is 5.32 Å². The molecule has 0 aliphatic carbocycles. The van der Waals surface area contributed by atoms with Crippen LogP contribution in [0.4, 0.5) is 0 Å². The van der Waals surface area contributed by atoms with Crippen molar-refractivity contribution in [3.05, 3.63) is 23.8 Å². The Labute approximate surface area is 109 Å². The standard InChI is InChI=1S/C14H23NO3/c1-5-15-9-14(3,16)10-18-12-7-6-11(2)8-13(12)17-4/h6-8,15-16H,5,9-10H2,1-4H3. The average molecular weight is 253 g/mol. The van der Waals surface area contributed by atoms with Crippen LogP contribution in [0.2, 0.25) is 0 Å². The lowest BCUT2D eigenvalue weighted by Crippen LogP contribution is -2.42. The second-order valence-electron chi connectivity index (χ2n) is 4.72. The molecule has 102 valence electrons. The van der Waals surface area contributed by atoms with Gasteiger partial charge in [-0.1, -0.05) is 13.0 Å². The van der Waals surface area contributed by atoms with E-state index in [1.165, 1.54) is 0 Å². The number of rotatable bonds is 7. The fraction of sp³-hybridized carbons (Fsp3) is 0.571. The van der Waals surface area contributed by atoms with E-state index in [-0.39, 0.29) is 6.61 Å². The van der Waals surface area contributed by atoms with Gasteiger partial charge in [-0.05, 0) is 38.1 Å². The fourth-order valence-corrected chi connectivity index (χ4v) is 1.57. The maximum absolute atomic E-state index is 10.1. The quantitative estimate of drug-likeness (QED) is 0.777. The predicted molar refractivity (Wildman–Crippen MR) is 72.4 cm³/mol. The first-order valence-electron chi connectivity index (χ1n) is 6.19. The van der Waals surface area contributed by atoms with E-state index >= 15 is 0 Å². The van der Waals surface area contributed by atoms with Crippen molar-refractivity contribution in [1.29, 1.82) is 0 Å². The Morgan fingerprint density at radius 1 is 1.33 bits per heavy atom. The smallest absolute Gasteiger partial charge is 0.161 e. The number of aliphatic hydroxyl groups is 1. The van der Waals surface area contributed by atoms with Crippen molar-refractivity contribution in [1.82, 2.24) is 5.32 Å². The minimum absolute atomic E-state index is 0.222. The first-order chi connectivity index (χ1) is 8.48. The van der Waals surface area contributed by atoms with Crippen molar-refractivity contribution in [2.24, 2.45) is 0 Å². The molecule has 0 fully saturated rings. The van der Waals surface area contributed by atoms with E-state index in [0.29, 0.717) is 18.0 Å². The number of aryl methyl sites for hydroxylation is 1. The highest BCUT2D eigenvalue weighted by Crippen LogP contribution is 2.28. The zero-order chi connectivity index (χ0) is 13.6. The maximum Gasteiger partial charge on any atom is 0.161 e. The van der Waals surface area contributed by atoms with Gasteiger partial charge in [0.05, 0.1) is 7.11 Å². The predicted octanol–water partition coefficient (Wildman–Crippen LogP) is 1.74. The summed E-state index contributed by atoms with van der Waals surface area (Å²) in [5, 5.41) is 13.2. The zero-order valence-electron chi connectivity index (χ0n) is 11.6. The highest BCUT2D eigenvalue weighted by Gasteiger charge is 2.21. The zero-order valence-corrected chi connectivity index (χ0v) is 11.6. The summed E-state index contributed by atoms with van der Waals surface area (Å²) < 4.78 is 10.9. The Kier molecular flexibility index (Phi) is 5.44. The number of benzene rings is 1. The summed E-state index contributed by atoms with van der Waals surface area (Å²) >= 11 is 0. The van der Waals surface area contributed by atoms with Crippen molar-refractivity contribution in [3.63, 3.8) is 0 Å². The highest BCUT2D eigenvalue weighted by molar-refractivity contribution is 5.42. The lowest BCUT2D eigenvalue weighted by Gasteiger charge is -2.24. The highest BCUT2D eigenvalue weighted by atomic mass is 16.5. The van der Waals surface area contributed by atoms with E-state index in [0.717, 1.165) is 12.1 Å². The van der Waals surface area contributed by atoms with Crippen LogP contribution >= 0.6 is 0 Å². The Hall–Kier alpha value is -1.26. The van der Waals surface area contributed by atoms with E-state index < -0.39 is 5.60 Å². The molecule has 0 aliphatic heterocycles. The Morgan fingerprint density at radius 2 is 2.06 bits per heavy atom. The Bertz CT molecular complexity index is 377. The molecule has 1 unspecified atom stereocenters. The lowest BCUT2D eigenvalue weighted by atomic mass is 10.1. The summed E-state index contributed by atoms with van der Waals surface area (Å²) in [6, 6.07) is 5.72. The topological polar surface area (TPSA) is 50.7 Å². The molecule has 0 aromatic heterocycles. The van der Waals surface area contributed by atoms with Gasteiger partial charge in [0.1, 0.15) is 12.2 Å². The van der Waals surface area contributed by atoms with Gasteiger partial charge in [0.2, 0.25) is 0 Å². The van der Waals surface area contributed by atoms with Gasteiger partial charge >= 0.3 is 0 Å². The first-order valence-corrected chi connectivity index (χ1v) is 6.19. The van der Waals surface area contributed by atoms with Gasteiger partial charge in [0.15, 0.2) is 11.5 Å². The molecule has 1 aromatic rings. The largest absolute Gasteiger partial charge is 0.493 e. The Balaban J connectivity index is 2.62. The van der Waals surface area contributed by atoms with Gasteiger partial charge in [-0.15, -0.1) is 0 Å². The van der Waals surface area contributed by atoms with Crippen LogP contribution in [-0.4, -0.2) is 37.5 Å². The van der Waals surface area contributed by atoms with Gasteiger partial charge in [-0.25, -0.2) is 0 Å². The van der Waals surface area contributed by atoms with Crippen LogP contribution in [0.25, 0.3) is 0 Å². The molecule has 18 heavy (non-hydrogen) atoms. The molecule has 0 bridgehead atoms. The number of ether oxygens (including phenoxy) is 2. The molecule has 0 amide bonds. The van der Waals surface area contributed by atoms with Crippen LogP contribution < -0.4 is 14.8 Å². The first kappa shape index (κ1) is 14.8. The van der Waals surface area contributed by atoms with Gasteiger partial charge in [0.25, 0.3) is 0 Å². The van der Waals surface area contributed by atoms with E-state index in [9.17, 15) is 5.11 Å². The third kappa shape index (κ3) is 4.55. The van der Waals surface area contributed by atoms with Crippen LogP contribution in [0.15, 0.2) is 18.2 Å². The van der Waals surface area contributed by atoms with Crippen LogP contribution in [-0.2, 0) is 0 Å². The molecule has 0 heterocycles. The van der Waals surface area contributed by atoms with Crippen LogP contribution in [0.3, 0.4) is 0 Å².